The molecule has 4 heterocycles. The van der Waals surface area contributed by atoms with E-state index in [-0.39, 0.29) is 11.4 Å². The number of aromatic hydroxyl groups is 1. The van der Waals surface area contributed by atoms with Crippen molar-refractivity contribution in [1.82, 2.24) is 15.3 Å². The second-order valence-electron chi connectivity index (χ2n) is 6.66. The van der Waals surface area contributed by atoms with Crippen molar-refractivity contribution in [3.05, 3.63) is 58.4 Å². The third kappa shape index (κ3) is 3.04. The molecule has 4 aromatic rings. The maximum Gasteiger partial charge on any atom is 0.275 e. The third-order valence-corrected chi connectivity index (χ3v) is 6.48. The molecule has 2 amide bonds. The number of phenols is 1. The summed E-state index contributed by atoms with van der Waals surface area (Å²) in [6.45, 7) is 1.59. The van der Waals surface area contributed by atoms with Crippen molar-refractivity contribution < 1.29 is 14.7 Å². The first kappa shape index (κ1) is 18.5. The van der Waals surface area contributed by atoms with Gasteiger partial charge in [0, 0.05) is 16.5 Å². The van der Waals surface area contributed by atoms with Crippen LogP contribution in [-0.2, 0) is 9.59 Å². The Hall–Kier alpha value is -3.56. The summed E-state index contributed by atoms with van der Waals surface area (Å²) in [6, 6.07) is 10.8. The molecule has 0 bridgehead atoms. The van der Waals surface area contributed by atoms with Gasteiger partial charge in [-0.15, -0.1) is 22.7 Å². The lowest BCUT2D eigenvalue weighted by Gasteiger charge is -2.11. The summed E-state index contributed by atoms with van der Waals surface area (Å²) in [5, 5.41) is 19.9. The molecule has 0 aliphatic carbocycles. The van der Waals surface area contributed by atoms with Crippen molar-refractivity contribution in [3.63, 3.8) is 0 Å². The van der Waals surface area contributed by atoms with Gasteiger partial charge in [0.1, 0.15) is 22.1 Å². The van der Waals surface area contributed by atoms with Gasteiger partial charge in [0.05, 0.1) is 10.3 Å². The van der Waals surface area contributed by atoms with E-state index >= 15 is 0 Å². The Morgan fingerprint density at radius 1 is 1.07 bits per heavy atom. The van der Waals surface area contributed by atoms with Gasteiger partial charge in [0.15, 0.2) is 5.82 Å². The summed E-state index contributed by atoms with van der Waals surface area (Å²) in [7, 11) is 0. The van der Waals surface area contributed by atoms with Crippen LogP contribution >= 0.6 is 22.7 Å². The lowest BCUT2D eigenvalue weighted by molar-refractivity contribution is -0.124. The number of hydrogen-bond donors (Lipinski definition) is 3. The van der Waals surface area contributed by atoms with Crippen LogP contribution in [0.1, 0.15) is 6.92 Å². The van der Waals surface area contributed by atoms with Crippen LogP contribution in [0, 0.1) is 0 Å². The summed E-state index contributed by atoms with van der Waals surface area (Å²) in [5.41, 5.74) is 2.10. The second-order valence-corrected chi connectivity index (χ2v) is 8.47. The van der Waals surface area contributed by atoms with E-state index in [0.29, 0.717) is 17.2 Å². The van der Waals surface area contributed by atoms with Gasteiger partial charge in [-0.25, -0.2) is 9.97 Å². The minimum absolute atomic E-state index is 0.150. The van der Waals surface area contributed by atoms with E-state index in [1.807, 2.05) is 29.0 Å². The van der Waals surface area contributed by atoms with Crippen molar-refractivity contribution in [2.45, 2.75) is 6.92 Å². The monoisotopic (exact) mass is 434 g/mol. The lowest BCUT2D eigenvalue weighted by atomic mass is 10.1. The van der Waals surface area contributed by atoms with E-state index in [9.17, 15) is 14.7 Å². The normalized spacial score (nSPS) is 13.9. The van der Waals surface area contributed by atoms with Crippen molar-refractivity contribution in [3.8, 4) is 27.6 Å². The molecule has 0 atom stereocenters. The van der Waals surface area contributed by atoms with Gasteiger partial charge in [0.25, 0.3) is 11.8 Å². The number of fused-ring (bicyclic) bond motifs is 1. The van der Waals surface area contributed by atoms with Crippen LogP contribution in [0.25, 0.3) is 32.0 Å². The molecule has 0 saturated carbocycles. The zero-order chi connectivity index (χ0) is 20.8. The van der Waals surface area contributed by atoms with E-state index in [1.54, 1.807) is 25.1 Å². The molecule has 3 aromatic heterocycles. The molecular formula is C21H14N4O3S2. The Kier molecular flexibility index (Phi) is 4.34. The Morgan fingerprint density at radius 3 is 2.63 bits per heavy atom. The zero-order valence-electron chi connectivity index (χ0n) is 15.6. The zero-order valence-corrected chi connectivity index (χ0v) is 17.2. The molecule has 9 heteroatoms. The summed E-state index contributed by atoms with van der Waals surface area (Å²) < 4.78 is 0. The molecule has 3 N–H and O–H groups in total. The molecule has 1 aliphatic heterocycles. The molecule has 0 spiro atoms. The van der Waals surface area contributed by atoms with Crippen molar-refractivity contribution in [1.29, 1.82) is 0 Å². The molecule has 0 saturated heterocycles. The molecule has 0 radical (unpaired) electrons. The number of nitrogens with one attached hydrogen (secondary N) is 2. The molecular weight excluding hydrogens is 420 g/mol. The summed E-state index contributed by atoms with van der Waals surface area (Å²) >= 11 is 2.96. The quantitative estimate of drug-likeness (QED) is 0.417. The minimum Gasteiger partial charge on any atom is -0.508 e. The minimum atomic E-state index is -0.490. The maximum atomic E-state index is 12.3. The largest absolute Gasteiger partial charge is 0.508 e. The second kappa shape index (κ2) is 7.05. The number of thiophene rings is 2. The van der Waals surface area contributed by atoms with Crippen LogP contribution in [0.3, 0.4) is 0 Å². The first-order valence-electron chi connectivity index (χ1n) is 8.97. The molecule has 1 aromatic carbocycles. The number of phenolic OH excluding ortho intramolecular Hbond substituents is 1. The van der Waals surface area contributed by atoms with Crippen LogP contribution in [-0.4, -0.2) is 26.9 Å². The van der Waals surface area contributed by atoms with Gasteiger partial charge in [-0.3, -0.25) is 14.9 Å². The highest BCUT2D eigenvalue weighted by Gasteiger charge is 2.29. The van der Waals surface area contributed by atoms with Gasteiger partial charge in [0.2, 0.25) is 0 Å². The van der Waals surface area contributed by atoms with E-state index in [4.69, 9.17) is 4.98 Å². The smallest absolute Gasteiger partial charge is 0.275 e. The first-order valence-corrected chi connectivity index (χ1v) is 10.7. The summed E-state index contributed by atoms with van der Waals surface area (Å²) in [4.78, 5) is 35.2. The molecule has 0 fully saturated rings. The number of carbonyl (C=O) groups excluding carboxylic acids is 2. The van der Waals surface area contributed by atoms with Crippen LogP contribution in [0.4, 0.5) is 5.82 Å². The number of rotatable bonds is 4. The average Bonchev–Trinajstić information content (AvgIpc) is 3.45. The molecule has 30 heavy (non-hydrogen) atoms. The topological polar surface area (TPSA) is 104 Å². The fourth-order valence-corrected chi connectivity index (χ4v) is 4.85. The Morgan fingerprint density at radius 2 is 1.93 bits per heavy atom. The fourth-order valence-electron chi connectivity index (χ4n) is 3.25. The van der Waals surface area contributed by atoms with Gasteiger partial charge in [-0.2, -0.15) is 0 Å². The van der Waals surface area contributed by atoms with Crippen LogP contribution in [0.5, 0.6) is 5.75 Å². The predicted octanol–water partition coefficient (Wildman–Crippen LogP) is 4.13. The number of imide groups is 1. The highest BCUT2D eigenvalue weighted by Crippen LogP contribution is 2.40. The standard InChI is InChI=1S/C21H14N4O3S2/c1-10-16(20(28)25-19(10)27)22-18-15-13(11-4-2-5-12(26)8-11)9-30-21(15)24-17(23-18)14-6-3-7-29-14/h2-9,26H,1H3,(H2,22,23,24,25,27,28). The van der Waals surface area contributed by atoms with E-state index in [1.165, 1.54) is 22.7 Å². The average molecular weight is 435 g/mol. The lowest BCUT2D eigenvalue weighted by Crippen LogP contribution is -2.24. The number of nitrogens with zero attached hydrogens (tertiary/aromatic N) is 2. The highest BCUT2D eigenvalue weighted by molar-refractivity contribution is 7.17. The molecule has 148 valence electrons. The number of benzene rings is 1. The van der Waals surface area contributed by atoms with Gasteiger partial charge < -0.3 is 10.4 Å². The van der Waals surface area contributed by atoms with Crippen molar-refractivity contribution in [2.24, 2.45) is 0 Å². The summed E-state index contributed by atoms with van der Waals surface area (Å²) in [6.07, 6.45) is 0. The number of carbonyl (C=O) groups is 2. The SMILES string of the molecule is CC1=C(Nc2nc(-c3cccs3)nc3scc(-c4cccc(O)c4)c23)C(=O)NC1=O. The molecule has 5 rings (SSSR count). The van der Waals surface area contributed by atoms with Crippen LogP contribution < -0.4 is 10.6 Å². The van der Waals surface area contributed by atoms with Crippen molar-refractivity contribution >= 4 is 50.5 Å². The maximum absolute atomic E-state index is 12.3. The van der Waals surface area contributed by atoms with Crippen LogP contribution in [0.15, 0.2) is 58.4 Å². The van der Waals surface area contributed by atoms with Gasteiger partial charge in [-0.1, -0.05) is 18.2 Å². The number of anilines is 1. The van der Waals surface area contributed by atoms with Gasteiger partial charge >= 0.3 is 0 Å². The molecule has 7 nitrogen and oxygen atoms in total. The van der Waals surface area contributed by atoms with Crippen LogP contribution in [0.2, 0.25) is 0 Å². The van der Waals surface area contributed by atoms with E-state index in [0.717, 1.165) is 26.2 Å². The Bertz CT molecular complexity index is 1360. The number of hydrogen-bond acceptors (Lipinski definition) is 8. The number of aromatic nitrogens is 2. The first-order chi connectivity index (χ1) is 14.5. The Balaban J connectivity index is 1.74. The molecule has 0 unspecified atom stereocenters. The third-order valence-electron chi connectivity index (χ3n) is 4.75. The summed E-state index contributed by atoms with van der Waals surface area (Å²) in [5.74, 6) is 0.201. The van der Waals surface area contributed by atoms with Gasteiger partial charge in [-0.05, 0) is 36.1 Å². The predicted molar refractivity (Wildman–Crippen MR) is 117 cm³/mol. The number of amides is 2. The Labute approximate surface area is 178 Å². The van der Waals surface area contributed by atoms with E-state index in [2.05, 4.69) is 15.6 Å². The highest BCUT2D eigenvalue weighted by atomic mass is 32.1. The molecule has 1 aliphatic rings. The van der Waals surface area contributed by atoms with Crippen molar-refractivity contribution in [2.75, 3.05) is 5.32 Å². The van der Waals surface area contributed by atoms with E-state index < -0.39 is 11.8 Å². The fraction of sp³-hybridized carbons (Fsp3) is 0.0476.